The summed E-state index contributed by atoms with van der Waals surface area (Å²) in [5.74, 6) is 0.845. The molecule has 0 spiro atoms. The second kappa shape index (κ2) is 5.73. The smallest absolute Gasteiger partial charge is 0.261 e. The molecule has 1 aliphatic rings. The molecule has 2 aromatic rings. The van der Waals surface area contributed by atoms with Gasteiger partial charge >= 0.3 is 0 Å². The highest BCUT2D eigenvalue weighted by Crippen LogP contribution is 2.10. The van der Waals surface area contributed by atoms with E-state index in [4.69, 9.17) is 4.74 Å². The molecular formula is C15H19N3O2. The van der Waals surface area contributed by atoms with E-state index in [1.54, 1.807) is 4.57 Å². The Morgan fingerprint density at radius 2 is 2.00 bits per heavy atom. The Bertz CT molecular complexity index is 660. The summed E-state index contributed by atoms with van der Waals surface area (Å²) in [6.45, 7) is 6.64. The third-order valence-corrected chi connectivity index (χ3v) is 3.73. The predicted octanol–water partition coefficient (Wildman–Crippen LogP) is 1.25. The van der Waals surface area contributed by atoms with Crippen molar-refractivity contribution in [3.63, 3.8) is 0 Å². The largest absolute Gasteiger partial charge is 0.379 e. The van der Waals surface area contributed by atoms with E-state index in [9.17, 15) is 4.79 Å². The van der Waals surface area contributed by atoms with E-state index in [1.165, 1.54) is 0 Å². The predicted molar refractivity (Wildman–Crippen MR) is 77.8 cm³/mol. The van der Waals surface area contributed by atoms with Crippen LogP contribution in [-0.4, -0.2) is 40.8 Å². The Kier molecular flexibility index (Phi) is 3.80. The quantitative estimate of drug-likeness (QED) is 0.844. The van der Waals surface area contributed by atoms with E-state index in [-0.39, 0.29) is 5.56 Å². The molecule has 0 unspecified atom stereocenters. The SMILES string of the molecule is CCn1c(CN2CCOCC2)nc2ccccc2c1=O. The molecule has 0 radical (unpaired) electrons. The second-order valence-electron chi connectivity index (χ2n) is 4.98. The summed E-state index contributed by atoms with van der Waals surface area (Å²) in [4.78, 5) is 19.5. The monoisotopic (exact) mass is 273 g/mol. The van der Waals surface area contributed by atoms with Crippen molar-refractivity contribution in [2.24, 2.45) is 0 Å². The van der Waals surface area contributed by atoms with E-state index in [0.717, 1.165) is 37.6 Å². The van der Waals surface area contributed by atoms with Gasteiger partial charge in [0.2, 0.25) is 0 Å². The molecule has 1 fully saturated rings. The average molecular weight is 273 g/mol. The van der Waals surface area contributed by atoms with E-state index >= 15 is 0 Å². The molecule has 1 aromatic heterocycles. The Balaban J connectivity index is 2.02. The lowest BCUT2D eigenvalue weighted by atomic mass is 10.2. The Morgan fingerprint density at radius 3 is 2.75 bits per heavy atom. The van der Waals surface area contributed by atoms with Gasteiger partial charge in [-0.15, -0.1) is 0 Å². The van der Waals surface area contributed by atoms with E-state index in [1.807, 2.05) is 31.2 Å². The van der Waals surface area contributed by atoms with Gasteiger partial charge in [0, 0.05) is 19.6 Å². The number of para-hydroxylation sites is 1. The van der Waals surface area contributed by atoms with Gasteiger partial charge in [0.15, 0.2) is 0 Å². The van der Waals surface area contributed by atoms with Gasteiger partial charge in [0.05, 0.1) is 30.7 Å². The van der Waals surface area contributed by atoms with Gasteiger partial charge in [0.1, 0.15) is 5.82 Å². The van der Waals surface area contributed by atoms with Crippen LogP contribution >= 0.6 is 0 Å². The number of hydrogen-bond acceptors (Lipinski definition) is 4. The maximum Gasteiger partial charge on any atom is 0.261 e. The van der Waals surface area contributed by atoms with Gasteiger partial charge in [0.25, 0.3) is 5.56 Å². The fourth-order valence-corrected chi connectivity index (χ4v) is 2.62. The summed E-state index contributed by atoms with van der Waals surface area (Å²) < 4.78 is 7.13. The number of ether oxygens (including phenoxy) is 1. The average Bonchev–Trinajstić information content (AvgIpc) is 2.49. The summed E-state index contributed by atoms with van der Waals surface area (Å²) in [6.07, 6.45) is 0. The van der Waals surface area contributed by atoms with Crippen molar-refractivity contribution in [2.75, 3.05) is 26.3 Å². The molecule has 3 rings (SSSR count). The van der Waals surface area contributed by atoms with Crippen molar-refractivity contribution < 1.29 is 4.74 Å². The van der Waals surface area contributed by atoms with Gasteiger partial charge in [-0.05, 0) is 19.1 Å². The number of hydrogen-bond donors (Lipinski definition) is 0. The zero-order valence-corrected chi connectivity index (χ0v) is 11.7. The summed E-state index contributed by atoms with van der Waals surface area (Å²) in [6, 6.07) is 7.55. The molecular weight excluding hydrogens is 254 g/mol. The molecule has 0 atom stereocenters. The number of nitrogens with zero attached hydrogens (tertiary/aromatic N) is 3. The summed E-state index contributed by atoms with van der Waals surface area (Å²) in [7, 11) is 0. The van der Waals surface area contributed by atoms with Crippen LogP contribution in [-0.2, 0) is 17.8 Å². The van der Waals surface area contributed by atoms with Crippen molar-refractivity contribution in [3.8, 4) is 0 Å². The maximum absolute atomic E-state index is 12.5. The minimum absolute atomic E-state index is 0.0568. The van der Waals surface area contributed by atoms with E-state index in [0.29, 0.717) is 18.5 Å². The van der Waals surface area contributed by atoms with Crippen LogP contribution < -0.4 is 5.56 Å². The lowest BCUT2D eigenvalue weighted by Crippen LogP contribution is -2.38. The van der Waals surface area contributed by atoms with Crippen LogP contribution in [0.5, 0.6) is 0 Å². The van der Waals surface area contributed by atoms with Gasteiger partial charge in [-0.25, -0.2) is 4.98 Å². The molecule has 0 bridgehead atoms. The Morgan fingerprint density at radius 1 is 1.25 bits per heavy atom. The minimum Gasteiger partial charge on any atom is -0.379 e. The summed E-state index contributed by atoms with van der Waals surface area (Å²) >= 11 is 0. The molecule has 1 aromatic carbocycles. The van der Waals surface area contributed by atoms with Crippen molar-refractivity contribution in [3.05, 3.63) is 40.4 Å². The van der Waals surface area contributed by atoms with Gasteiger partial charge in [-0.3, -0.25) is 14.3 Å². The van der Waals surface area contributed by atoms with Crippen molar-refractivity contribution in [2.45, 2.75) is 20.0 Å². The number of benzene rings is 1. The summed E-state index contributed by atoms with van der Waals surface area (Å²) in [5.41, 5.74) is 0.840. The molecule has 2 heterocycles. The first-order valence-electron chi connectivity index (χ1n) is 7.08. The number of rotatable bonds is 3. The van der Waals surface area contributed by atoms with Crippen LogP contribution in [0.15, 0.2) is 29.1 Å². The topological polar surface area (TPSA) is 47.4 Å². The van der Waals surface area contributed by atoms with Crippen molar-refractivity contribution in [1.29, 1.82) is 0 Å². The maximum atomic E-state index is 12.5. The van der Waals surface area contributed by atoms with Crippen LogP contribution in [0.3, 0.4) is 0 Å². The van der Waals surface area contributed by atoms with E-state index in [2.05, 4.69) is 9.88 Å². The van der Waals surface area contributed by atoms with Crippen molar-refractivity contribution >= 4 is 10.9 Å². The molecule has 0 amide bonds. The molecule has 1 saturated heterocycles. The fourth-order valence-electron chi connectivity index (χ4n) is 2.62. The highest BCUT2D eigenvalue weighted by Gasteiger charge is 2.15. The molecule has 0 saturated carbocycles. The van der Waals surface area contributed by atoms with Crippen LogP contribution in [0.2, 0.25) is 0 Å². The van der Waals surface area contributed by atoms with Crippen LogP contribution in [0, 0.1) is 0 Å². The summed E-state index contributed by atoms with van der Waals surface area (Å²) in [5, 5.41) is 0.695. The standard InChI is InChI=1S/C15H19N3O2/c1-2-18-14(11-17-7-9-20-10-8-17)16-13-6-4-3-5-12(13)15(18)19/h3-6H,2,7-11H2,1H3. The normalized spacial score (nSPS) is 16.6. The van der Waals surface area contributed by atoms with Crippen LogP contribution in [0.25, 0.3) is 10.9 Å². The first-order valence-corrected chi connectivity index (χ1v) is 7.08. The number of morpholine rings is 1. The molecule has 106 valence electrons. The zero-order valence-electron chi connectivity index (χ0n) is 11.7. The number of aromatic nitrogens is 2. The highest BCUT2D eigenvalue weighted by atomic mass is 16.5. The third kappa shape index (κ3) is 2.46. The van der Waals surface area contributed by atoms with E-state index < -0.39 is 0 Å². The molecule has 0 aliphatic carbocycles. The lowest BCUT2D eigenvalue weighted by Gasteiger charge is -2.27. The lowest BCUT2D eigenvalue weighted by molar-refractivity contribution is 0.0324. The molecule has 5 nitrogen and oxygen atoms in total. The fraction of sp³-hybridized carbons (Fsp3) is 0.467. The third-order valence-electron chi connectivity index (χ3n) is 3.73. The second-order valence-corrected chi connectivity index (χ2v) is 4.98. The molecule has 0 N–H and O–H groups in total. The first kappa shape index (κ1) is 13.3. The number of fused-ring (bicyclic) bond motifs is 1. The van der Waals surface area contributed by atoms with Gasteiger partial charge in [-0.1, -0.05) is 12.1 Å². The molecule has 5 heteroatoms. The Labute approximate surface area is 117 Å². The molecule has 1 aliphatic heterocycles. The van der Waals surface area contributed by atoms with Gasteiger partial charge in [-0.2, -0.15) is 0 Å². The van der Waals surface area contributed by atoms with Gasteiger partial charge < -0.3 is 4.74 Å². The zero-order chi connectivity index (χ0) is 13.9. The minimum atomic E-state index is 0.0568. The molecule has 20 heavy (non-hydrogen) atoms. The Hall–Kier alpha value is -1.72. The van der Waals surface area contributed by atoms with Crippen LogP contribution in [0.4, 0.5) is 0 Å². The first-order chi connectivity index (χ1) is 9.79. The van der Waals surface area contributed by atoms with Crippen LogP contribution in [0.1, 0.15) is 12.7 Å². The van der Waals surface area contributed by atoms with Crippen molar-refractivity contribution in [1.82, 2.24) is 14.5 Å². The highest BCUT2D eigenvalue weighted by molar-refractivity contribution is 5.77.